The molecule has 0 saturated heterocycles. The Morgan fingerprint density at radius 3 is 2.79 bits per heavy atom. The third-order valence-corrected chi connectivity index (χ3v) is 3.02. The molecule has 2 aromatic rings. The van der Waals surface area contributed by atoms with Crippen LogP contribution in [0.25, 0.3) is 11.0 Å². The van der Waals surface area contributed by atoms with Gasteiger partial charge in [0.15, 0.2) is 5.82 Å². The fourth-order valence-corrected chi connectivity index (χ4v) is 2.17. The van der Waals surface area contributed by atoms with E-state index in [9.17, 15) is 8.78 Å². The van der Waals surface area contributed by atoms with E-state index >= 15 is 0 Å². The number of halogens is 3. The predicted octanol–water partition coefficient (Wildman–Crippen LogP) is 3.65. The largest absolute Gasteiger partial charge is 0.380 e. The molecular formula is C13H15ClF2N2O. The summed E-state index contributed by atoms with van der Waals surface area (Å²) in [5, 5.41) is -0.392. The molecule has 1 heterocycles. The van der Waals surface area contributed by atoms with E-state index in [0.717, 1.165) is 6.07 Å². The molecule has 0 radical (unpaired) electrons. The van der Waals surface area contributed by atoms with Gasteiger partial charge < -0.3 is 9.30 Å². The Kier molecular flexibility index (Phi) is 4.37. The van der Waals surface area contributed by atoms with E-state index in [1.807, 2.05) is 6.92 Å². The van der Waals surface area contributed by atoms with Crippen LogP contribution in [0.15, 0.2) is 12.1 Å². The Labute approximate surface area is 115 Å². The van der Waals surface area contributed by atoms with Gasteiger partial charge >= 0.3 is 0 Å². The summed E-state index contributed by atoms with van der Waals surface area (Å²) in [5.74, 6) is -0.791. The number of imidazole rings is 1. The molecule has 1 aromatic carbocycles. The molecule has 3 nitrogen and oxygen atoms in total. The number of rotatable bonds is 5. The average molecular weight is 289 g/mol. The van der Waals surface area contributed by atoms with Gasteiger partial charge in [0.25, 0.3) is 0 Å². The van der Waals surface area contributed by atoms with Crippen molar-refractivity contribution in [3.8, 4) is 0 Å². The molecule has 2 rings (SSSR count). The lowest BCUT2D eigenvalue weighted by Gasteiger charge is -2.10. The molecule has 19 heavy (non-hydrogen) atoms. The van der Waals surface area contributed by atoms with E-state index in [0.29, 0.717) is 31.1 Å². The SMILES string of the molecule is CCOCCn1c(C(C)Cl)nc2c(F)cc(F)cc21. The Hall–Kier alpha value is -1.20. The molecular weight excluding hydrogens is 274 g/mol. The summed E-state index contributed by atoms with van der Waals surface area (Å²) in [4.78, 5) is 4.17. The van der Waals surface area contributed by atoms with Crippen molar-refractivity contribution in [2.75, 3.05) is 13.2 Å². The minimum Gasteiger partial charge on any atom is -0.380 e. The third-order valence-electron chi connectivity index (χ3n) is 2.82. The van der Waals surface area contributed by atoms with Crippen molar-refractivity contribution in [1.82, 2.24) is 9.55 Å². The standard InChI is InChI=1S/C13H15ClF2N2O/c1-3-19-5-4-18-11-7-9(15)6-10(16)12(11)17-13(18)8(2)14/h6-8H,3-5H2,1-2H3. The van der Waals surface area contributed by atoms with Crippen molar-refractivity contribution in [1.29, 1.82) is 0 Å². The molecule has 0 spiro atoms. The first-order valence-electron chi connectivity index (χ1n) is 6.11. The van der Waals surface area contributed by atoms with E-state index in [1.54, 1.807) is 11.5 Å². The van der Waals surface area contributed by atoms with Gasteiger partial charge in [0.1, 0.15) is 17.2 Å². The van der Waals surface area contributed by atoms with Crippen LogP contribution in [-0.2, 0) is 11.3 Å². The van der Waals surface area contributed by atoms with E-state index in [4.69, 9.17) is 16.3 Å². The third kappa shape index (κ3) is 2.87. The number of alkyl halides is 1. The van der Waals surface area contributed by atoms with Crippen molar-refractivity contribution in [3.05, 3.63) is 29.6 Å². The van der Waals surface area contributed by atoms with Crippen LogP contribution in [0.4, 0.5) is 8.78 Å². The summed E-state index contributed by atoms with van der Waals surface area (Å²) in [6.07, 6.45) is 0. The topological polar surface area (TPSA) is 27.1 Å². The molecule has 1 aromatic heterocycles. The molecule has 1 unspecified atom stereocenters. The van der Waals surface area contributed by atoms with Gasteiger partial charge in [-0.05, 0) is 19.9 Å². The minimum absolute atomic E-state index is 0.139. The predicted molar refractivity (Wildman–Crippen MR) is 70.4 cm³/mol. The van der Waals surface area contributed by atoms with Crippen LogP contribution in [0.3, 0.4) is 0 Å². The molecule has 6 heteroatoms. The maximum atomic E-state index is 13.7. The number of aromatic nitrogens is 2. The lowest BCUT2D eigenvalue weighted by Crippen LogP contribution is -2.10. The van der Waals surface area contributed by atoms with Gasteiger partial charge in [-0.15, -0.1) is 11.6 Å². The Morgan fingerprint density at radius 2 is 2.16 bits per heavy atom. The fourth-order valence-electron chi connectivity index (χ4n) is 2.01. The highest BCUT2D eigenvalue weighted by Gasteiger charge is 2.18. The van der Waals surface area contributed by atoms with Crippen LogP contribution >= 0.6 is 11.6 Å². The molecule has 0 amide bonds. The van der Waals surface area contributed by atoms with Crippen molar-refractivity contribution < 1.29 is 13.5 Å². The highest BCUT2D eigenvalue weighted by atomic mass is 35.5. The number of fused-ring (bicyclic) bond motifs is 1. The van der Waals surface area contributed by atoms with Gasteiger partial charge in [-0.1, -0.05) is 0 Å². The lowest BCUT2D eigenvalue weighted by atomic mass is 10.3. The first kappa shape index (κ1) is 14.2. The van der Waals surface area contributed by atoms with Crippen molar-refractivity contribution in [2.45, 2.75) is 25.8 Å². The van der Waals surface area contributed by atoms with Gasteiger partial charge in [-0.3, -0.25) is 0 Å². The van der Waals surface area contributed by atoms with Crippen LogP contribution in [0.2, 0.25) is 0 Å². The maximum Gasteiger partial charge on any atom is 0.153 e. The van der Waals surface area contributed by atoms with Crippen molar-refractivity contribution >= 4 is 22.6 Å². The second-order valence-corrected chi connectivity index (χ2v) is 4.84. The maximum absolute atomic E-state index is 13.7. The zero-order valence-electron chi connectivity index (χ0n) is 10.8. The van der Waals surface area contributed by atoms with E-state index < -0.39 is 17.0 Å². The minimum atomic E-state index is -0.677. The normalized spacial score (nSPS) is 13.1. The summed E-state index contributed by atoms with van der Waals surface area (Å²) in [5.41, 5.74) is 0.542. The lowest BCUT2D eigenvalue weighted by molar-refractivity contribution is 0.139. The molecule has 0 fully saturated rings. The van der Waals surface area contributed by atoms with Crippen molar-refractivity contribution in [3.63, 3.8) is 0 Å². The zero-order valence-corrected chi connectivity index (χ0v) is 11.5. The summed E-state index contributed by atoms with van der Waals surface area (Å²) >= 11 is 6.04. The van der Waals surface area contributed by atoms with E-state index in [1.165, 1.54) is 6.07 Å². The number of benzene rings is 1. The number of hydrogen-bond donors (Lipinski definition) is 0. The quantitative estimate of drug-likeness (QED) is 0.620. The van der Waals surface area contributed by atoms with E-state index in [-0.39, 0.29) is 5.52 Å². The van der Waals surface area contributed by atoms with E-state index in [2.05, 4.69) is 4.98 Å². The summed E-state index contributed by atoms with van der Waals surface area (Å²) in [6, 6.07) is 2.09. The zero-order chi connectivity index (χ0) is 14.0. The molecule has 0 aliphatic carbocycles. The molecule has 0 N–H and O–H groups in total. The van der Waals surface area contributed by atoms with Gasteiger partial charge in [-0.25, -0.2) is 13.8 Å². The van der Waals surface area contributed by atoms with Crippen LogP contribution in [0, 0.1) is 11.6 Å². The highest BCUT2D eigenvalue weighted by Crippen LogP contribution is 2.26. The number of nitrogens with zero attached hydrogens (tertiary/aromatic N) is 2. The van der Waals surface area contributed by atoms with Crippen LogP contribution in [0.1, 0.15) is 25.0 Å². The molecule has 104 valence electrons. The average Bonchev–Trinajstić information content (AvgIpc) is 2.69. The smallest absolute Gasteiger partial charge is 0.153 e. The highest BCUT2D eigenvalue weighted by molar-refractivity contribution is 6.20. The number of ether oxygens (including phenoxy) is 1. The Balaban J connectivity index is 2.52. The van der Waals surface area contributed by atoms with Crippen LogP contribution in [0.5, 0.6) is 0 Å². The summed E-state index contributed by atoms with van der Waals surface area (Å²) in [7, 11) is 0. The molecule has 0 aliphatic rings. The van der Waals surface area contributed by atoms with Gasteiger partial charge in [0, 0.05) is 19.2 Å². The Morgan fingerprint density at radius 1 is 1.42 bits per heavy atom. The van der Waals surface area contributed by atoms with Crippen LogP contribution < -0.4 is 0 Å². The Bertz CT molecular complexity index is 584. The molecule has 0 saturated carbocycles. The first-order valence-corrected chi connectivity index (χ1v) is 6.55. The molecule has 0 bridgehead atoms. The van der Waals surface area contributed by atoms with Crippen molar-refractivity contribution in [2.24, 2.45) is 0 Å². The second-order valence-electron chi connectivity index (χ2n) is 4.19. The second kappa shape index (κ2) is 5.84. The number of hydrogen-bond acceptors (Lipinski definition) is 2. The van der Waals surface area contributed by atoms with Gasteiger partial charge in [0.05, 0.1) is 17.5 Å². The first-order chi connectivity index (χ1) is 9.04. The molecule has 0 aliphatic heterocycles. The summed E-state index contributed by atoms with van der Waals surface area (Å²) < 4.78 is 34.0. The fraction of sp³-hybridized carbons (Fsp3) is 0.462. The monoisotopic (exact) mass is 288 g/mol. The summed E-state index contributed by atoms with van der Waals surface area (Å²) in [6.45, 7) is 5.11. The van der Waals surface area contributed by atoms with Crippen LogP contribution in [-0.4, -0.2) is 22.8 Å². The van der Waals surface area contributed by atoms with Gasteiger partial charge in [0.2, 0.25) is 0 Å². The molecule has 1 atom stereocenters. The van der Waals surface area contributed by atoms with Gasteiger partial charge in [-0.2, -0.15) is 0 Å².